The minimum atomic E-state index is -0.0485. The van der Waals surface area contributed by atoms with Crippen molar-refractivity contribution in [2.75, 3.05) is 13.1 Å². The topological polar surface area (TPSA) is 77.2 Å². The number of rotatable bonds is 10. The van der Waals surface area contributed by atoms with E-state index >= 15 is 0 Å². The predicted molar refractivity (Wildman–Crippen MR) is 134 cm³/mol. The lowest BCUT2D eigenvalue weighted by Crippen LogP contribution is -2.26. The van der Waals surface area contributed by atoms with Crippen molar-refractivity contribution < 1.29 is 9.90 Å². The Balaban J connectivity index is 1.25. The van der Waals surface area contributed by atoms with Crippen LogP contribution >= 0.6 is 0 Å². The van der Waals surface area contributed by atoms with Crippen molar-refractivity contribution >= 4 is 22.9 Å². The van der Waals surface area contributed by atoms with Gasteiger partial charge < -0.3 is 20.7 Å². The maximum absolute atomic E-state index is 12.7. The Kier molecular flexibility index (Phi) is 7.56. The maximum Gasteiger partial charge on any atom is 0.251 e. The van der Waals surface area contributed by atoms with Gasteiger partial charge in [-0.1, -0.05) is 60.7 Å². The third-order valence-electron chi connectivity index (χ3n) is 5.61. The SMILES string of the molecule is O=C(NCC/C=C/c1ccccc1)c1ccccc1CNCCc1c[nH]c2ccc(O)cc12. The average Bonchev–Trinajstić information content (AvgIpc) is 3.24. The first-order chi connectivity index (χ1) is 16.2. The lowest BCUT2D eigenvalue weighted by molar-refractivity contribution is 0.0953. The molecule has 4 aromatic rings. The number of nitrogens with one attached hydrogen (secondary N) is 3. The number of fused-ring (bicyclic) bond motifs is 1. The molecule has 0 saturated heterocycles. The van der Waals surface area contributed by atoms with Gasteiger partial charge in [0.2, 0.25) is 0 Å². The summed E-state index contributed by atoms with van der Waals surface area (Å²) in [4.78, 5) is 15.9. The number of hydrogen-bond donors (Lipinski definition) is 4. The van der Waals surface area contributed by atoms with Crippen molar-refractivity contribution in [3.8, 4) is 5.75 Å². The third kappa shape index (κ3) is 6.11. The number of phenolic OH excluding ortho intramolecular Hbond substituents is 1. The number of phenols is 1. The first-order valence-electron chi connectivity index (χ1n) is 11.3. The van der Waals surface area contributed by atoms with E-state index in [4.69, 9.17) is 0 Å². The summed E-state index contributed by atoms with van der Waals surface area (Å²) in [5.74, 6) is 0.222. The zero-order valence-electron chi connectivity index (χ0n) is 18.6. The van der Waals surface area contributed by atoms with E-state index in [1.807, 2.05) is 54.7 Å². The summed E-state index contributed by atoms with van der Waals surface area (Å²) in [5.41, 5.74) is 5.01. The van der Waals surface area contributed by atoms with Crippen LogP contribution in [0.2, 0.25) is 0 Å². The molecule has 0 saturated carbocycles. The lowest BCUT2D eigenvalue weighted by atomic mass is 10.1. The second-order valence-electron chi connectivity index (χ2n) is 7.99. The lowest BCUT2D eigenvalue weighted by Gasteiger charge is -2.11. The highest BCUT2D eigenvalue weighted by Gasteiger charge is 2.10. The van der Waals surface area contributed by atoms with Crippen LogP contribution in [-0.2, 0) is 13.0 Å². The number of benzene rings is 3. The number of aromatic nitrogens is 1. The number of aromatic amines is 1. The smallest absolute Gasteiger partial charge is 0.251 e. The normalized spacial score (nSPS) is 11.3. The van der Waals surface area contributed by atoms with E-state index in [0.29, 0.717) is 18.7 Å². The van der Waals surface area contributed by atoms with Crippen LogP contribution in [0.15, 0.2) is 85.1 Å². The first kappa shape index (κ1) is 22.4. The van der Waals surface area contributed by atoms with E-state index in [-0.39, 0.29) is 11.7 Å². The molecular weight excluding hydrogens is 410 g/mol. The van der Waals surface area contributed by atoms with E-state index in [2.05, 4.69) is 39.9 Å². The highest BCUT2D eigenvalue weighted by Crippen LogP contribution is 2.23. The van der Waals surface area contributed by atoms with Crippen molar-refractivity contribution in [1.29, 1.82) is 0 Å². The zero-order valence-corrected chi connectivity index (χ0v) is 18.6. The van der Waals surface area contributed by atoms with E-state index in [1.54, 1.807) is 12.1 Å². The van der Waals surface area contributed by atoms with Gasteiger partial charge in [0, 0.05) is 35.8 Å². The van der Waals surface area contributed by atoms with Crippen molar-refractivity contribution in [3.63, 3.8) is 0 Å². The molecule has 0 aliphatic carbocycles. The van der Waals surface area contributed by atoms with Gasteiger partial charge in [-0.3, -0.25) is 4.79 Å². The Morgan fingerprint density at radius 1 is 0.939 bits per heavy atom. The van der Waals surface area contributed by atoms with Crippen LogP contribution in [0.25, 0.3) is 17.0 Å². The quantitative estimate of drug-likeness (QED) is 0.262. The van der Waals surface area contributed by atoms with Gasteiger partial charge in [-0.2, -0.15) is 0 Å². The molecule has 4 rings (SSSR count). The van der Waals surface area contributed by atoms with Gasteiger partial charge in [0.15, 0.2) is 0 Å². The van der Waals surface area contributed by atoms with Gasteiger partial charge in [-0.05, 0) is 60.3 Å². The van der Waals surface area contributed by atoms with Crippen molar-refractivity contribution in [2.45, 2.75) is 19.4 Å². The number of carbonyl (C=O) groups is 1. The number of amides is 1. The summed E-state index contributed by atoms with van der Waals surface area (Å²) in [6.07, 6.45) is 7.73. The van der Waals surface area contributed by atoms with E-state index in [9.17, 15) is 9.90 Å². The van der Waals surface area contributed by atoms with Crippen molar-refractivity contribution in [2.24, 2.45) is 0 Å². The predicted octanol–water partition coefficient (Wildman–Crippen LogP) is 5.04. The molecule has 3 aromatic carbocycles. The molecule has 0 fully saturated rings. The molecule has 5 nitrogen and oxygen atoms in total. The molecule has 0 unspecified atom stereocenters. The Bertz CT molecular complexity index is 1230. The molecule has 0 radical (unpaired) electrons. The fourth-order valence-electron chi connectivity index (χ4n) is 3.86. The largest absolute Gasteiger partial charge is 0.508 e. The molecule has 0 aliphatic rings. The number of carbonyl (C=O) groups excluding carboxylic acids is 1. The summed E-state index contributed by atoms with van der Waals surface area (Å²) in [7, 11) is 0. The second kappa shape index (κ2) is 11.2. The molecule has 4 N–H and O–H groups in total. The van der Waals surface area contributed by atoms with Crippen LogP contribution in [0.3, 0.4) is 0 Å². The monoisotopic (exact) mass is 439 g/mol. The molecule has 33 heavy (non-hydrogen) atoms. The molecule has 0 atom stereocenters. The average molecular weight is 440 g/mol. The fourth-order valence-corrected chi connectivity index (χ4v) is 3.86. The molecule has 1 heterocycles. The minimum Gasteiger partial charge on any atom is -0.508 e. The van der Waals surface area contributed by atoms with Gasteiger partial charge in [0.05, 0.1) is 0 Å². The Morgan fingerprint density at radius 3 is 2.64 bits per heavy atom. The molecule has 0 bridgehead atoms. The van der Waals surface area contributed by atoms with Gasteiger partial charge >= 0.3 is 0 Å². The third-order valence-corrected chi connectivity index (χ3v) is 5.61. The van der Waals surface area contributed by atoms with Gasteiger partial charge in [0.1, 0.15) is 5.75 Å². The summed E-state index contributed by atoms with van der Waals surface area (Å²) in [6.45, 7) is 1.98. The molecule has 0 aliphatic heterocycles. The number of H-pyrrole nitrogens is 1. The van der Waals surface area contributed by atoms with Crippen LogP contribution in [0.1, 0.15) is 33.5 Å². The van der Waals surface area contributed by atoms with Gasteiger partial charge in [-0.25, -0.2) is 0 Å². The summed E-state index contributed by atoms with van der Waals surface area (Å²) in [6, 6.07) is 23.2. The highest BCUT2D eigenvalue weighted by atomic mass is 16.3. The molecule has 1 amide bonds. The molecule has 5 heteroatoms. The Labute approximate surface area is 194 Å². The van der Waals surface area contributed by atoms with E-state index in [0.717, 1.165) is 47.0 Å². The van der Waals surface area contributed by atoms with Gasteiger partial charge in [-0.15, -0.1) is 0 Å². The fraction of sp³-hybridized carbons (Fsp3) is 0.179. The van der Waals surface area contributed by atoms with Crippen LogP contribution in [0, 0.1) is 0 Å². The second-order valence-corrected chi connectivity index (χ2v) is 7.99. The van der Waals surface area contributed by atoms with Crippen molar-refractivity contribution in [1.82, 2.24) is 15.6 Å². The number of aromatic hydroxyl groups is 1. The zero-order chi connectivity index (χ0) is 22.9. The molecular formula is C28H29N3O2. The molecule has 0 spiro atoms. The van der Waals surface area contributed by atoms with E-state index < -0.39 is 0 Å². The maximum atomic E-state index is 12.7. The summed E-state index contributed by atoms with van der Waals surface area (Å²) >= 11 is 0. The molecule has 168 valence electrons. The minimum absolute atomic E-state index is 0.0485. The first-order valence-corrected chi connectivity index (χ1v) is 11.3. The van der Waals surface area contributed by atoms with Crippen LogP contribution in [0.5, 0.6) is 5.75 Å². The molecule has 1 aromatic heterocycles. The van der Waals surface area contributed by atoms with E-state index in [1.165, 1.54) is 0 Å². The van der Waals surface area contributed by atoms with Crippen LogP contribution < -0.4 is 10.6 Å². The summed E-state index contributed by atoms with van der Waals surface area (Å²) in [5, 5.41) is 17.2. The number of hydrogen-bond acceptors (Lipinski definition) is 3. The Hall–Kier alpha value is -3.83. The summed E-state index contributed by atoms with van der Waals surface area (Å²) < 4.78 is 0. The van der Waals surface area contributed by atoms with Crippen LogP contribution in [-0.4, -0.2) is 29.1 Å². The van der Waals surface area contributed by atoms with Crippen LogP contribution in [0.4, 0.5) is 0 Å². The Morgan fingerprint density at radius 2 is 1.76 bits per heavy atom. The highest BCUT2D eigenvalue weighted by molar-refractivity contribution is 5.95. The standard InChI is InChI=1S/C28H29N3O2/c32-24-13-14-27-26(18-24)23(20-31-27)15-17-29-19-22-11-4-5-12-25(22)28(33)30-16-7-6-10-21-8-2-1-3-9-21/h1-6,8-14,18,20,29,31-32H,7,15-17,19H2,(H,30,33)/b10-6+. The van der Waals surface area contributed by atoms with Gasteiger partial charge in [0.25, 0.3) is 5.91 Å². The van der Waals surface area contributed by atoms with Crippen molar-refractivity contribution in [3.05, 3.63) is 107 Å².